The molecule has 2 heterocycles. The van der Waals surface area contributed by atoms with Gasteiger partial charge in [-0.3, -0.25) is 4.79 Å². The van der Waals surface area contributed by atoms with Gasteiger partial charge in [-0.25, -0.2) is 0 Å². The number of amides is 1. The van der Waals surface area contributed by atoms with Crippen LogP contribution in [-0.2, 0) is 11.3 Å². The van der Waals surface area contributed by atoms with Gasteiger partial charge in [-0.1, -0.05) is 0 Å². The summed E-state index contributed by atoms with van der Waals surface area (Å²) in [7, 11) is 0. The van der Waals surface area contributed by atoms with Crippen LogP contribution in [0.4, 0.5) is 0 Å². The summed E-state index contributed by atoms with van der Waals surface area (Å²) in [6.45, 7) is 1.72. The minimum Gasteiger partial charge on any atom is -0.352 e. The monoisotopic (exact) mass is 224 g/mol. The zero-order valence-electron chi connectivity index (χ0n) is 8.66. The molecule has 0 saturated carbocycles. The van der Waals surface area contributed by atoms with E-state index >= 15 is 0 Å². The molecule has 2 N–H and O–H groups in total. The molecule has 82 valence electrons. The van der Waals surface area contributed by atoms with Crippen molar-refractivity contribution >= 4 is 17.2 Å². The van der Waals surface area contributed by atoms with Crippen molar-refractivity contribution in [2.24, 2.45) is 0 Å². The van der Waals surface area contributed by atoms with Crippen molar-refractivity contribution in [3.63, 3.8) is 0 Å². The Kier molecular flexibility index (Phi) is 3.75. The van der Waals surface area contributed by atoms with Crippen molar-refractivity contribution in [1.82, 2.24) is 10.6 Å². The SMILES string of the molecule is O=C(CC1CCCN1)NCc1ccsc1. The number of thiophene rings is 1. The highest BCUT2D eigenvalue weighted by Gasteiger charge is 2.17. The number of carbonyl (C=O) groups is 1. The average Bonchev–Trinajstić information content (AvgIpc) is 2.86. The summed E-state index contributed by atoms with van der Waals surface area (Å²) < 4.78 is 0. The second-order valence-electron chi connectivity index (χ2n) is 3.91. The van der Waals surface area contributed by atoms with E-state index in [2.05, 4.69) is 16.0 Å². The summed E-state index contributed by atoms with van der Waals surface area (Å²) in [4.78, 5) is 11.5. The largest absolute Gasteiger partial charge is 0.352 e. The van der Waals surface area contributed by atoms with Crippen LogP contribution in [-0.4, -0.2) is 18.5 Å². The minimum absolute atomic E-state index is 0.153. The third-order valence-corrected chi connectivity index (χ3v) is 3.40. The summed E-state index contributed by atoms with van der Waals surface area (Å²) >= 11 is 1.66. The lowest BCUT2D eigenvalue weighted by atomic mass is 10.1. The third-order valence-electron chi connectivity index (χ3n) is 2.66. The van der Waals surface area contributed by atoms with E-state index in [9.17, 15) is 4.79 Å². The van der Waals surface area contributed by atoms with Crippen LogP contribution >= 0.6 is 11.3 Å². The predicted molar refractivity (Wildman–Crippen MR) is 61.8 cm³/mol. The molecule has 1 fully saturated rings. The Bertz CT molecular complexity index is 304. The Morgan fingerprint density at radius 3 is 3.27 bits per heavy atom. The average molecular weight is 224 g/mol. The van der Waals surface area contributed by atoms with Gasteiger partial charge in [0.2, 0.25) is 5.91 Å². The van der Waals surface area contributed by atoms with Crippen LogP contribution in [0.15, 0.2) is 16.8 Å². The van der Waals surface area contributed by atoms with Crippen molar-refractivity contribution in [2.75, 3.05) is 6.54 Å². The Morgan fingerprint density at radius 2 is 2.60 bits per heavy atom. The first kappa shape index (κ1) is 10.6. The van der Waals surface area contributed by atoms with Gasteiger partial charge in [-0.2, -0.15) is 11.3 Å². The second kappa shape index (κ2) is 5.28. The maximum Gasteiger partial charge on any atom is 0.221 e. The zero-order valence-corrected chi connectivity index (χ0v) is 9.48. The molecule has 1 aliphatic heterocycles. The van der Waals surface area contributed by atoms with E-state index in [1.807, 2.05) is 11.4 Å². The van der Waals surface area contributed by atoms with Crippen LogP contribution in [0, 0.1) is 0 Å². The number of hydrogen-bond donors (Lipinski definition) is 2. The van der Waals surface area contributed by atoms with Crippen LogP contribution in [0.1, 0.15) is 24.8 Å². The first-order valence-electron chi connectivity index (χ1n) is 5.36. The highest BCUT2D eigenvalue weighted by Crippen LogP contribution is 2.09. The maximum atomic E-state index is 11.5. The molecule has 0 radical (unpaired) electrons. The first-order chi connectivity index (χ1) is 7.34. The molecule has 0 aromatic carbocycles. The van der Waals surface area contributed by atoms with Crippen molar-refractivity contribution in [1.29, 1.82) is 0 Å². The fourth-order valence-electron chi connectivity index (χ4n) is 1.82. The maximum absolute atomic E-state index is 11.5. The molecule has 1 aromatic heterocycles. The highest BCUT2D eigenvalue weighted by molar-refractivity contribution is 7.07. The van der Waals surface area contributed by atoms with E-state index in [0.717, 1.165) is 13.0 Å². The molecule has 4 heteroatoms. The van der Waals surface area contributed by atoms with Crippen molar-refractivity contribution < 1.29 is 4.79 Å². The minimum atomic E-state index is 0.153. The van der Waals surface area contributed by atoms with Crippen molar-refractivity contribution in [3.8, 4) is 0 Å². The number of carbonyl (C=O) groups excluding carboxylic acids is 1. The van der Waals surface area contributed by atoms with E-state index < -0.39 is 0 Å². The predicted octanol–water partition coefficient (Wildman–Crippen LogP) is 1.51. The summed E-state index contributed by atoms with van der Waals surface area (Å²) in [5, 5.41) is 10.4. The molecule has 1 aromatic rings. The van der Waals surface area contributed by atoms with Gasteiger partial charge in [0.25, 0.3) is 0 Å². The van der Waals surface area contributed by atoms with Crippen LogP contribution in [0.5, 0.6) is 0 Å². The molecular formula is C11H16N2OS. The van der Waals surface area contributed by atoms with Gasteiger partial charge < -0.3 is 10.6 Å². The van der Waals surface area contributed by atoms with Crippen molar-refractivity contribution in [2.45, 2.75) is 31.8 Å². The van der Waals surface area contributed by atoms with Crippen LogP contribution in [0.2, 0.25) is 0 Å². The van der Waals surface area contributed by atoms with Gasteiger partial charge in [0.1, 0.15) is 0 Å². The quantitative estimate of drug-likeness (QED) is 0.814. The standard InChI is InChI=1S/C11H16N2OS/c14-11(6-10-2-1-4-12-10)13-7-9-3-5-15-8-9/h3,5,8,10,12H,1-2,4,6-7H2,(H,13,14). The summed E-state index contributed by atoms with van der Waals surface area (Å²) in [6.07, 6.45) is 2.94. The van der Waals surface area contributed by atoms with Gasteiger partial charge in [-0.05, 0) is 41.8 Å². The van der Waals surface area contributed by atoms with E-state index in [1.165, 1.54) is 12.0 Å². The molecule has 0 spiro atoms. The topological polar surface area (TPSA) is 41.1 Å². The Balaban J connectivity index is 1.68. The molecule has 0 aliphatic carbocycles. The smallest absolute Gasteiger partial charge is 0.221 e. The number of rotatable bonds is 4. The van der Waals surface area contributed by atoms with E-state index in [1.54, 1.807) is 11.3 Å². The van der Waals surface area contributed by atoms with Crippen molar-refractivity contribution in [3.05, 3.63) is 22.4 Å². The molecule has 2 rings (SSSR count). The molecule has 0 bridgehead atoms. The number of nitrogens with one attached hydrogen (secondary N) is 2. The second-order valence-corrected chi connectivity index (χ2v) is 4.69. The van der Waals surface area contributed by atoms with Crippen LogP contribution in [0.3, 0.4) is 0 Å². The molecule has 15 heavy (non-hydrogen) atoms. The highest BCUT2D eigenvalue weighted by atomic mass is 32.1. The number of hydrogen-bond acceptors (Lipinski definition) is 3. The van der Waals surface area contributed by atoms with E-state index in [-0.39, 0.29) is 5.91 Å². The molecule has 1 aliphatic rings. The lowest BCUT2D eigenvalue weighted by Crippen LogP contribution is -2.31. The van der Waals surface area contributed by atoms with Gasteiger partial charge >= 0.3 is 0 Å². The molecule has 1 amide bonds. The molecule has 1 atom stereocenters. The summed E-state index contributed by atoms with van der Waals surface area (Å²) in [5.41, 5.74) is 1.19. The fraction of sp³-hybridized carbons (Fsp3) is 0.545. The molecule has 3 nitrogen and oxygen atoms in total. The molecule has 1 unspecified atom stereocenters. The van der Waals surface area contributed by atoms with Gasteiger partial charge in [0.05, 0.1) is 0 Å². The molecular weight excluding hydrogens is 208 g/mol. The molecule has 1 saturated heterocycles. The third kappa shape index (κ3) is 3.32. The fourth-order valence-corrected chi connectivity index (χ4v) is 2.49. The van der Waals surface area contributed by atoms with Gasteiger partial charge in [0.15, 0.2) is 0 Å². The van der Waals surface area contributed by atoms with Gasteiger partial charge in [-0.15, -0.1) is 0 Å². The normalized spacial score (nSPS) is 20.4. The van der Waals surface area contributed by atoms with E-state index in [0.29, 0.717) is 19.0 Å². The summed E-state index contributed by atoms with van der Waals surface area (Å²) in [5.74, 6) is 0.153. The Labute approximate surface area is 93.9 Å². The Hall–Kier alpha value is -0.870. The van der Waals surface area contributed by atoms with E-state index in [4.69, 9.17) is 0 Å². The Morgan fingerprint density at radius 1 is 1.67 bits per heavy atom. The lowest BCUT2D eigenvalue weighted by molar-refractivity contribution is -0.121. The first-order valence-corrected chi connectivity index (χ1v) is 6.30. The summed E-state index contributed by atoms with van der Waals surface area (Å²) in [6, 6.07) is 2.44. The van der Waals surface area contributed by atoms with Crippen LogP contribution in [0.25, 0.3) is 0 Å². The van der Waals surface area contributed by atoms with Gasteiger partial charge in [0, 0.05) is 19.0 Å². The van der Waals surface area contributed by atoms with Crippen LogP contribution < -0.4 is 10.6 Å². The lowest BCUT2D eigenvalue weighted by Gasteiger charge is -2.09. The zero-order chi connectivity index (χ0) is 10.5.